The highest BCUT2D eigenvalue weighted by atomic mass is 35.5. The minimum atomic E-state index is -0.939. The van der Waals surface area contributed by atoms with E-state index in [1.807, 2.05) is 0 Å². The van der Waals surface area contributed by atoms with Crippen LogP contribution in [0.15, 0.2) is 18.2 Å². The number of amides is 1. The van der Waals surface area contributed by atoms with E-state index in [0.717, 1.165) is 25.3 Å². The Hall–Kier alpha value is -1.13. The first-order valence-corrected chi connectivity index (χ1v) is 6.84. The van der Waals surface area contributed by atoms with Gasteiger partial charge in [-0.2, -0.15) is 0 Å². The van der Waals surface area contributed by atoms with Crippen LogP contribution >= 0.6 is 11.6 Å². The fourth-order valence-corrected chi connectivity index (χ4v) is 2.63. The third-order valence-electron chi connectivity index (χ3n) is 3.48. The van der Waals surface area contributed by atoms with Gasteiger partial charge in [-0.3, -0.25) is 4.79 Å². The first kappa shape index (κ1) is 14.3. The van der Waals surface area contributed by atoms with Crippen LogP contribution in [0.5, 0.6) is 0 Å². The molecular weight excluding hydrogens is 269 g/mol. The molecule has 1 amide bonds. The fraction of sp³-hybridized carbons (Fsp3) is 0.500. The van der Waals surface area contributed by atoms with Crippen molar-refractivity contribution in [2.24, 2.45) is 0 Å². The highest BCUT2D eigenvalue weighted by molar-refractivity contribution is 6.30. The SMILES string of the molecule is O=C(CC1(O)CCCCC1)Nc1ccc(Cl)cc1F. The molecule has 19 heavy (non-hydrogen) atoms. The number of benzene rings is 1. The molecule has 1 aliphatic carbocycles. The van der Waals surface area contributed by atoms with E-state index in [2.05, 4.69) is 5.32 Å². The second kappa shape index (κ2) is 5.88. The maximum absolute atomic E-state index is 13.5. The van der Waals surface area contributed by atoms with Gasteiger partial charge in [-0.15, -0.1) is 0 Å². The summed E-state index contributed by atoms with van der Waals surface area (Å²) in [6, 6.07) is 4.07. The molecule has 0 aromatic heterocycles. The van der Waals surface area contributed by atoms with Gasteiger partial charge in [-0.05, 0) is 31.0 Å². The molecule has 2 N–H and O–H groups in total. The quantitative estimate of drug-likeness (QED) is 0.893. The summed E-state index contributed by atoms with van der Waals surface area (Å²) in [6.45, 7) is 0. The van der Waals surface area contributed by atoms with Crippen LogP contribution in [0.4, 0.5) is 10.1 Å². The Balaban J connectivity index is 1.97. The van der Waals surface area contributed by atoms with Crippen molar-refractivity contribution in [2.45, 2.75) is 44.1 Å². The Labute approximate surface area is 116 Å². The number of carbonyl (C=O) groups is 1. The van der Waals surface area contributed by atoms with Gasteiger partial charge >= 0.3 is 0 Å². The van der Waals surface area contributed by atoms with Crippen molar-refractivity contribution < 1.29 is 14.3 Å². The highest BCUT2D eigenvalue weighted by Crippen LogP contribution is 2.31. The van der Waals surface area contributed by atoms with Crippen molar-refractivity contribution in [2.75, 3.05) is 5.32 Å². The van der Waals surface area contributed by atoms with Crippen LogP contribution in [-0.4, -0.2) is 16.6 Å². The number of hydrogen-bond donors (Lipinski definition) is 2. The lowest BCUT2D eigenvalue weighted by Gasteiger charge is -2.31. The van der Waals surface area contributed by atoms with Gasteiger partial charge in [-0.1, -0.05) is 30.9 Å². The van der Waals surface area contributed by atoms with Gasteiger partial charge in [0.1, 0.15) is 5.82 Å². The second-order valence-electron chi connectivity index (χ2n) is 5.13. The predicted octanol–water partition coefficient (Wildman–Crippen LogP) is 3.50. The summed E-state index contributed by atoms with van der Waals surface area (Å²) in [4.78, 5) is 11.9. The Morgan fingerprint density at radius 3 is 2.68 bits per heavy atom. The van der Waals surface area contributed by atoms with Crippen molar-refractivity contribution in [3.63, 3.8) is 0 Å². The van der Waals surface area contributed by atoms with E-state index >= 15 is 0 Å². The Morgan fingerprint density at radius 1 is 1.37 bits per heavy atom. The average Bonchev–Trinajstić information content (AvgIpc) is 2.33. The molecule has 0 heterocycles. The second-order valence-corrected chi connectivity index (χ2v) is 5.57. The molecule has 1 aromatic carbocycles. The lowest BCUT2D eigenvalue weighted by atomic mass is 9.82. The monoisotopic (exact) mass is 285 g/mol. The van der Waals surface area contributed by atoms with E-state index in [1.54, 1.807) is 0 Å². The van der Waals surface area contributed by atoms with Crippen molar-refractivity contribution >= 4 is 23.2 Å². The zero-order chi connectivity index (χ0) is 13.9. The summed E-state index contributed by atoms with van der Waals surface area (Å²) >= 11 is 5.64. The van der Waals surface area contributed by atoms with Crippen LogP contribution in [0, 0.1) is 5.82 Å². The van der Waals surface area contributed by atoms with Crippen molar-refractivity contribution in [1.29, 1.82) is 0 Å². The molecule has 0 spiro atoms. The first-order valence-electron chi connectivity index (χ1n) is 6.46. The van der Waals surface area contributed by atoms with E-state index in [0.29, 0.717) is 12.8 Å². The van der Waals surface area contributed by atoms with Crippen LogP contribution in [0.2, 0.25) is 5.02 Å². The molecule has 0 bridgehead atoms. The number of carbonyl (C=O) groups excluding carboxylic acids is 1. The molecule has 0 radical (unpaired) electrons. The summed E-state index contributed by atoms with van der Waals surface area (Å²) in [6.07, 6.45) is 4.22. The van der Waals surface area contributed by atoms with Crippen LogP contribution in [0.1, 0.15) is 38.5 Å². The van der Waals surface area contributed by atoms with E-state index in [9.17, 15) is 14.3 Å². The average molecular weight is 286 g/mol. The standard InChI is InChI=1S/C14H17ClFNO2/c15-10-4-5-12(11(16)8-10)17-13(18)9-14(19)6-2-1-3-7-14/h4-5,8,19H,1-3,6-7,9H2,(H,17,18). The largest absolute Gasteiger partial charge is 0.389 e. The number of nitrogens with one attached hydrogen (secondary N) is 1. The molecular formula is C14H17ClFNO2. The lowest BCUT2D eigenvalue weighted by Crippen LogP contribution is -2.36. The van der Waals surface area contributed by atoms with Crippen LogP contribution in [0.3, 0.4) is 0 Å². The third kappa shape index (κ3) is 3.91. The molecule has 0 atom stereocenters. The zero-order valence-corrected chi connectivity index (χ0v) is 11.3. The van der Waals surface area contributed by atoms with Gasteiger partial charge in [0.25, 0.3) is 0 Å². The van der Waals surface area contributed by atoms with Crippen molar-refractivity contribution in [1.82, 2.24) is 0 Å². The van der Waals surface area contributed by atoms with Crippen LogP contribution in [-0.2, 0) is 4.79 Å². The minimum Gasteiger partial charge on any atom is -0.389 e. The Bertz CT molecular complexity index is 473. The number of hydrogen-bond acceptors (Lipinski definition) is 2. The van der Waals surface area contributed by atoms with E-state index < -0.39 is 11.4 Å². The number of aliphatic hydroxyl groups is 1. The molecule has 1 saturated carbocycles. The molecule has 1 fully saturated rings. The Morgan fingerprint density at radius 2 is 2.05 bits per heavy atom. The van der Waals surface area contributed by atoms with Crippen LogP contribution < -0.4 is 5.32 Å². The molecule has 0 unspecified atom stereocenters. The highest BCUT2D eigenvalue weighted by Gasteiger charge is 2.31. The summed E-state index contributed by atoms with van der Waals surface area (Å²) in [7, 11) is 0. The molecule has 2 rings (SSSR count). The third-order valence-corrected chi connectivity index (χ3v) is 3.71. The summed E-state index contributed by atoms with van der Waals surface area (Å²) < 4.78 is 13.5. The summed E-state index contributed by atoms with van der Waals surface area (Å²) in [5.74, 6) is -0.942. The van der Waals surface area contributed by atoms with Crippen molar-refractivity contribution in [3.05, 3.63) is 29.0 Å². The van der Waals surface area contributed by atoms with Gasteiger partial charge in [0.05, 0.1) is 17.7 Å². The first-order chi connectivity index (χ1) is 8.98. The maximum atomic E-state index is 13.5. The molecule has 1 aromatic rings. The molecule has 104 valence electrons. The molecule has 0 saturated heterocycles. The maximum Gasteiger partial charge on any atom is 0.227 e. The summed E-state index contributed by atoms with van der Waals surface area (Å²) in [5.41, 5.74) is -0.848. The zero-order valence-electron chi connectivity index (χ0n) is 10.6. The van der Waals surface area contributed by atoms with Gasteiger partial charge in [0, 0.05) is 5.02 Å². The Kier molecular flexibility index (Phi) is 4.42. The fourth-order valence-electron chi connectivity index (χ4n) is 2.47. The number of anilines is 1. The normalized spacial score (nSPS) is 18.1. The van der Waals surface area contributed by atoms with Gasteiger partial charge in [0.15, 0.2) is 0 Å². The molecule has 3 nitrogen and oxygen atoms in total. The molecule has 1 aliphatic rings. The van der Waals surface area contributed by atoms with Crippen LogP contribution in [0.25, 0.3) is 0 Å². The molecule has 5 heteroatoms. The minimum absolute atomic E-state index is 0.00899. The van der Waals surface area contributed by atoms with E-state index in [-0.39, 0.29) is 23.0 Å². The van der Waals surface area contributed by atoms with Gasteiger partial charge in [-0.25, -0.2) is 4.39 Å². The predicted molar refractivity (Wildman–Crippen MR) is 72.7 cm³/mol. The summed E-state index contributed by atoms with van der Waals surface area (Å²) in [5, 5.41) is 13.0. The lowest BCUT2D eigenvalue weighted by molar-refractivity contribution is -0.122. The van der Waals surface area contributed by atoms with E-state index in [1.165, 1.54) is 12.1 Å². The smallest absolute Gasteiger partial charge is 0.227 e. The number of rotatable bonds is 3. The van der Waals surface area contributed by atoms with Gasteiger partial charge in [0.2, 0.25) is 5.91 Å². The van der Waals surface area contributed by atoms with Crippen molar-refractivity contribution in [3.8, 4) is 0 Å². The number of halogens is 2. The topological polar surface area (TPSA) is 49.3 Å². The van der Waals surface area contributed by atoms with Gasteiger partial charge < -0.3 is 10.4 Å². The molecule has 0 aliphatic heterocycles. The van der Waals surface area contributed by atoms with E-state index in [4.69, 9.17) is 11.6 Å².